The molecule has 3 atom stereocenters. The number of aliphatic hydroxyl groups is 1. The molecule has 0 heterocycles. The van der Waals surface area contributed by atoms with Crippen LogP contribution in [-0.2, 0) is 34.0 Å². The Kier molecular flexibility index (Phi) is 13.4. The predicted molar refractivity (Wildman–Crippen MR) is 150 cm³/mol. The van der Waals surface area contributed by atoms with E-state index in [0.29, 0.717) is 24.7 Å². The zero-order valence-electron chi connectivity index (χ0n) is 23.7. The fraction of sp³-hybridized carbons (Fsp3) is 0.419. The molecular formula is C31H40O9. The highest BCUT2D eigenvalue weighted by atomic mass is 16.7. The van der Waals surface area contributed by atoms with E-state index >= 15 is 0 Å². The van der Waals surface area contributed by atoms with Gasteiger partial charge in [0.2, 0.25) is 0 Å². The molecule has 0 radical (unpaired) electrons. The Morgan fingerprint density at radius 1 is 0.750 bits per heavy atom. The van der Waals surface area contributed by atoms with Crippen LogP contribution in [0, 0.1) is 0 Å². The lowest BCUT2D eigenvalue weighted by molar-refractivity contribution is -0.155. The molecule has 2 aromatic rings. The number of hydrogen-bond acceptors (Lipinski definition) is 9. The molecule has 9 nitrogen and oxygen atoms in total. The van der Waals surface area contributed by atoms with E-state index in [2.05, 4.69) is 27.0 Å². The summed E-state index contributed by atoms with van der Waals surface area (Å²) in [5, 5.41) is 9.84. The maximum atomic E-state index is 11.1. The summed E-state index contributed by atoms with van der Waals surface area (Å²) in [6.45, 7) is 14.9. The van der Waals surface area contributed by atoms with E-state index in [1.165, 1.54) is 0 Å². The van der Waals surface area contributed by atoms with Crippen LogP contribution in [0.25, 0.3) is 0 Å². The molecule has 2 aromatic carbocycles. The van der Waals surface area contributed by atoms with Gasteiger partial charge in [0.05, 0.1) is 18.8 Å². The van der Waals surface area contributed by atoms with E-state index < -0.39 is 18.0 Å². The number of carbonyl (C=O) groups excluding carboxylic acids is 2. The molecule has 0 aliphatic heterocycles. The van der Waals surface area contributed by atoms with Crippen LogP contribution in [0.4, 0.5) is 0 Å². The third-order valence-corrected chi connectivity index (χ3v) is 6.00. The Balaban J connectivity index is 1.81. The van der Waals surface area contributed by atoms with Gasteiger partial charge in [0.25, 0.3) is 0 Å². The maximum Gasteiger partial charge on any atom is 0.332 e. The number of hydrogen-bond donors (Lipinski definition) is 1. The van der Waals surface area contributed by atoms with Gasteiger partial charge in [-0.25, -0.2) is 9.59 Å². The van der Waals surface area contributed by atoms with Crippen molar-refractivity contribution < 1.29 is 43.1 Å². The first-order chi connectivity index (χ1) is 19.0. The number of benzene rings is 2. The molecule has 0 aromatic heterocycles. The minimum absolute atomic E-state index is 0.0198. The van der Waals surface area contributed by atoms with Gasteiger partial charge in [0, 0.05) is 17.6 Å². The van der Waals surface area contributed by atoms with Crippen molar-refractivity contribution in [1.82, 2.24) is 0 Å². The zero-order valence-corrected chi connectivity index (χ0v) is 23.7. The summed E-state index contributed by atoms with van der Waals surface area (Å²) in [6, 6.07) is 15.8. The van der Waals surface area contributed by atoms with Crippen LogP contribution in [0.1, 0.15) is 38.8 Å². The van der Waals surface area contributed by atoms with Gasteiger partial charge in [-0.2, -0.15) is 0 Å². The van der Waals surface area contributed by atoms with Crippen LogP contribution in [0.3, 0.4) is 0 Å². The van der Waals surface area contributed by atoms with Gasteiger partial charge in [-0.05, 0) is 49.2 Å². The molecule has 9 heteroatoms. The second-order valence-electron chi connectivity index (χ2n) is 9.69. The number of ether oxygens (including phenoxy) is 6. The van der Waals surface area contributed by atoms with Crippen molar-refractivity contribution in [2.24, 2.45) is 0 Å². The monoisotopic (exact) mass is 556 g/mol. The van der Waals surface area contributed by atoms with E-state index in [1.54, 1.807) is 0 Å². The topological polar surface area (TPSA) is 110 Å². The molecule has 218 valence electrons. The quantitative estimate of drug-likeness (QED) is 0.163. The average molecular weight is 557 g/mol. The molecule has 0 bridgehead atoms. The minimum Gasteiger partial charge on any atom is -0.491 e. The Hall–Kier alpha value is -3.66. The molecular weight excluding hydrogens is 516 g/mol. The first kappa shape index (κ1) is 32.6. The predicted octanol–water partition coefficient (Wildman–Crippen LogP) is 4.36. The summed E-state index contributed by atoms with van der Waals surface area (Å²) in [6.07, 6.45) is 0.666. The van der Waals surface area contributed by atoms with E-state index in [0.717, 1.165) is 23.3 Å². The van der Waals surface area contributed by atoms with E-state index in [9.17, 15) is 14.7 Å². The highest BCUT2D eigenvalue weighted by Crippen LogP contribution is 2.33. The van der Waals surface area contributed by atoms with E-state index in [4.69, 9.17) is 28.4 Å². The van der Waals surface area contributed by atoms with Crippen LogP contribution in [-0.4, -0.2) is 68.6 Å². The third kappa shape index (κ3) is 11.2. The van der Waals surface area contributed by atoms with Crippen molar-refractivity contribution in [2.45, 2.75) is 51.4 Å². The van der Waals surface area contributed by atoms with Gasteiger partial charge in [-0.1, -0.05) is 51.3 Å². The van der Waals surface area contributed by atoms with Crippen molar-refractivity contribution >= 4 is 11.9 Å². The number of esters is 2. The Labute approximate surface area is 236 Å². The fourth-order valence-electron chi connectivity index (χ4n) is 3.45. The number of aliphatic hydroxyl groups excluding tert-OH is 1. The van der Waals surface area contributed by atoms with Gasteiger partial charge < -0.3 is 33.5 Å². The number of rotatable bonds is 18. The Morgan fingerprint density at radius 2 is 1.20 bits per heavy atom. The summed E-state index contributed by atoms with van der Waals surface area (Å²) in [4.78, 5) is 22.1. The van der Waals surface area contributed by atoms with Crippen LogP contribution < -0.4 is 9.47 Å². The maximum absolute atomic E-state index is 11.1. The van der Waals surface area contributed by atoms with Crippen LogP contribution in [0.15, 0.2) is 73.8 Å². The van der Waals surface area contributed by atoms with Gasteiger partial charge in [0.15, 0.2) is 6.79 Å². The van der Waals surface area contributed by atoms with E-state index in [-0.39, 0.29) is 37.6 Å². The summed E-state index contributed by atoms with van der Waals surface area (Å²) >= 11 is 0. The highest BCUT2D eigenvalue weighted by molar-refractivity contribution is 5.81. The van der Waals surface area contributed by atoms with Crippen molar-refractivity contribution in [3.63, 3.8) is 0 Å². The van der Waals surface area contributed by atoms with Crippen molar-refractivity contribution in [2.75, 3.05) is 33.2 Å². The van der Waals surface area contributed by atoms with E-state index in [1.807, 2.05) is 62.4 Å². The summed E-state index contributed by atoms with van der Waals surface area (Å²) in [7, 11) is 0. The molecule has 3 unspecified atom stereocenters. The van der Waals surface area contributed by atoms with Crippen LogP contribution >= 0.6 is 0 Å². The molecule has 40 heavy (non-hydrogen) atoms. The lowest BCUT2D eigenvalue weighted by Crippen LogP contribution is -2.28. The van der Waals surface area contributed by atoms with Gasteiger partial charge in [-0.15, -0.1) is 0 Å². The van der Waals surface area contributed by atoms with Gasteiger partial charge in [0.1, 0.15) is 37.4 Å². The van der Waals surface area contributed by atoms with Crippen LogP contribution in [0.5, 0.6) is 11.5 Å². The molecule has 2 rings (SSSR count). The molecule has 0 aliphatic carbocycles. The minimum atomic E-state index is -0.924. The highest BCUT2D eigenvalue weighted by Gasteiger charge is 2.23. The Bertz CT molecular complexity index is 1080. The third-order valence-electron chi connectivity index (χ3n) is 6.00. The number of carbonyl (C=O) groups is 2. The lowest BCUT2D eigenvalue weighted by atomic mass is 9.78. The largest absolute Gasteiger partial charge is 0.491 e. The standard InChI is InChI=1S/C31H40O9/c1-7-29(33)38-20-26(32)19-35-22(3)17-36-27-13-9-24(10-14-27)31(5,6)25-11-15-28(16-12-25)37-18-23(4)39-21-40-30(34)8-2/h7-16,22-23,26,32H,1-2,17-21H2,3-6H3. The van der Waals surface area contributed by atoms with Crippen molar-refractivity contribution in [1.29, 1.82) is 0 Å². The smallest absolute Gasteiger partial charge is 0.332 e. The molecule has 0 spiro atoms. The van der Waals surface area contributed by atoms with Crippen molar-refractivity contribution in [3.05, 3.63) is 85.0 Å². The SMILES string of the molecule is C=CC(=O)OCOC(C)COc1ccc(C(C)(C)c2ccc(OCC(C)OCC(O)COC(=O)C=C)cc2)cc1. The van der Waals surface area contributed by atoms with Gasteiger partial charge >= 0.3 is 11.9 Å². The first-order valence-electron chi connectivity index (χ1n) is 13.0. The average Bonchev–Trinajstić information content (AvgIpc) is 2.96. The Morgan fingerprint density at radius 3 is 1.68 bits per heavy atom. The van der Waals surface area contributed by atoms with Crippen molar-refractivity contribution in [3.8, 4) is 11.5 Å². The summed E-state index contributed by atoms with van der Waals surface area (Å²) < 4.78 is 32.2. The summed E-state index contributed by atoms with van der Waals surface area (Å²) in [5.41, 5.74) is 1.98. The first-order valence-corrected chi connectivity index (χ1v) is 13.0. The normalized spacial score (nSPS) is 13.4. The second kappa shape index (κ2) is 16.4. The summed E-state index contributed by atoms with van der Waals surface area (Å²) in [5.74, 6) is 0.290. The molecule has 0 amide bonds. The molecule has 0 aliphatic rings. The molecule has 0 fully saturated rings. The molecule has 0 saturated heterocycles. The molecule has 0 saturated carbocycles. The van der Waals surface area contributed by atoms with Gasteiger partial charge in [-0.3, -0.25) is 0 Å². The second-order valence-corrected chi connectivity index (χ2v) is 9.69. The molecule has 1 N–H and O–H groups in total. The fourth-order valence-corrected chi connectivity index (χ4v) is 3.45. The lowest BCUT2D eigenvalue weighted by Gasteiger charge is -2.26. The van der Waals surface area contributed by atoms with Crippen LogP contribution in [0.2, 0.25) is 0 Å². The zero-order chi connectivity index (χ0) is 29.5.